The fraction of sp³-hybridized carbons (Fsp3) is 0.667. The number of aryl methyl sites for hydroxylation is 1. The highest BCUT2D eigenvalue weighted by Crippen LogP contribution is 2.43. The highest BCUT2D eigenvalue weighted by molar-refractivity contribution is 5.39. The van der Waals surface area contributed by atoms with Crippen molar-refractivity contribution >= 4 is 0 Å². The molecule has 3 atom stereocenters. The van der Waals surface area contributed by atoms with Crippen LogP contribution in [0.3, 0.4) is 0 Å². The zero-order chi connectivity index (χ0) is 14.9. The van der Waals surface area contributed by atoms with Crippen LogP contribution in [0.4, 0.5) is 0 Å². The number of benzene rings is 1. The average molecular weight is 275 g/mol. The van der Waals surface area contributed by atoms with E-state index in [4.69, 9.17) is 10.5 Å². The first-order chi connectivity index (χ1) is 9.36. The van der Waals surface area contributed by atoms with Gasteiger partial charge in [0, 0.05) is 6.04 Å². The normalized spacial score (nSPS) is 27.4. The summed E-state index contributed by atoms with van der Waals surface area (Å²) in [4.78, 5) is 0. The molecule has 2 N–H and O–H groups in total. The second-order valence-electron chi connectivity index (χ2n) is 7.09. The van der Waals surface area contributed by atoms with Crippen LogP contribution in [0.5, 0.6) is 5.75 Å². The smallest absolute Gasteiger partial charge is 0.119 e. The molecule has 20 heavy (non-hydrogen) atoms. The van der Waals surface area contributed by atoms with Gasteiger partial charge in [-0.15, -0.1) is 0 Å². The second-order valence-corrected chi connectivity index (χ2v) is 7.09. The summed E-state index contributed by atoms with van der Waals surface area (Å²) in [5.41, 5.74) is 9.31. The first kappa shape index (κ1) is 15.4. The summed E-state index contributed by atoms with van der Waals surface area (Å²) in [6, 6.07) is 6.74. The zero-order valence-electron chi connectivity index (χ0n) is 13.6. The summed E-state index contributed by atoms with van der Waals surface area (Å²) in [6.07, 6.45) is 3.70. The van der Waals surface area contributed by atoms with Crippen LogP contribution in [-0.2, 0) is 5.41 Å². The lowest BCUT2D eigenvalue weighted by Gasteiger charge is -2.43. The summed E-state index contributed by atoms with van der Waals surface area (Å²) in [5, 5.41) is 0. The van der Waals surface area contributed by atoms with Crippen molar-refractivity contribution in [1.82, 2.24) is 0 Å². The quantitative estimate of drug-likeness (QED) is 0.903. The lowest BCUT2D eigenvalue weighted by molar-refractivity contribution is 0.170. The lowest BCUT2D eigenvalue weighted by Crippen LogP contribution is -2.46. The van der Waals surface area contributed by atoms with Crippen molar-refractivity contribution in [3.05, 3.63) is 29.3 Å². The first-order valence-electron chi connectivity index (χ1n) is 7.77. The van der Waals surface area contributed by atoms with Gasteiger partial charge >= 0.3 is 0 Å². The van der Waals surface area contributed by atoms with E-state index in [9.17, 15) is 0 Å². The molecule has 1 aromatic rings. The average Bonchev–Trinajstić information content (AvgIpc) is 2.37. The maximum Gasteiger partial charge on any atom is 0.119 e. The van der Waals surface area contributed by atoms with Gasteiger partial charge in [0.2, 0.25) is 0 Å². The van der Waals surface area contributed by atoms with E-state index in [1.807, 2.05) is 0 Å². The van der Waals surface area contributed by atoms with Crippen LogP contribution < -0.4 is 10.5 Å². The molecule has 1 saturated carbocycles. The topological polar surface area (TPSA) is 35.2 Å². The highest BCUT2D eigenvalue weighted by Gasteiger charge is 2.39. The Morgan fingerprint density at radius 1 is 1.25 bits per heavy atom. The van der Waals surface area contributed by atoms with Crippen LogP contribution in [0, 0.1) is 18.8 Å². The van der Waals surface area contributed by atoms with E-state index >= 15 is 0 Å². The Hall–Kier alpha value is -1.02. The van der Waals surface area contributed by atoms with Crippen molar-refractivity contribution in [2.24, 2.45) is 17.6 Å². The molecule has 0 aliphatic heterocycles. The molecule has 0 saturated heterocycles. The summed E-state index contributed by atoms with van der Waals surface area (Å²) in [5.74, 6) is 2.27. The van der Waals surface area contributed by atoms with Crippen LogP contribution in [0.2, 0.25) is 0 Å². The van der Waals surface area contributed by atoms with Gasteiger partial charge in [0.05, 0.1) is 7.11 Å². The van der Waals surface area contributed by atoms with Crippen molar-refractivity contribution in [2.75, 3.05) is 7.11 Å². The van der Waals surface area contributed by atoms with Gasteiger partial charge in [-0.05, 0) is 60.3 Å². The maximum absolute atomic E-state index is 6.47. The maximum atomic E-state index is 6.47. The second kappa shape index (κ2) is 5.77. The van der Waals surface area contributed by atoms with Crippen LogP contribution in [0.25, 0.3) is 0 Å². The summed E-state index contributed by atoms with van der Waals surface area (Å²) in [6.45, 7) is 9.20. The lowest BCUT2D eigenvalue weighted by atomic mass is 9.63. The standard InChI is InChI=1S/C18H29NO/c1-12-6-8-16(17(19)10-12)18(3,4)15-9-7-14(20-5)11-13(15)2/h7,9,11-12,16-17H,6,8,10,19H2,1-5H3. The molecule has 0 bridgehead atoms. The van der Waals surface area contributed by atoms with E-state index in [1.165, 1.54) is 24.0 Å². The Labute approximate surface area is 123 Å². The molecule has 112 valence electrons. The van der Waals surface area contributed by atoms with Gasteiger partial charge < -0.3 is 10.5 Å². The van der Waals surface area contributed by atoms with Gasteiger partial charge in [-0.2, -0.15) is 0 Å². The van der Waals surface area contributed by atoms with Gasteiger partial charge in [0.15, 0.2) is 0 Å². The fourth-order valence-corrected chi connectivity index (χ4v) is 4.01. The molecule has 2 heteroatoms. The minimum Gasteiger partial charge on any atom is -0.497 e. The van der Waals surface area contributed by atoms with E-state index in [2.05, 4.69) is 45.9 Å². The number of nitrogens with two attached hydrogens (primary N) is 1. The molecule has 1 aromatic carbocycles. The van der Waals surface area contributed by atoms with Gasteiger partial charge in [-0.1, -0.05) is 33.3 Å². The fourth-order valence-electron chi connectivity index (χ4n) is 4.01. The Morgan fingerprint density at radius 3 is 2.50 bits per heavy atom. The van der Waals surface area contributed by atoms with Crippen LogP contribution >= 0.6 is 0 Å². The van der Waals surface area contributed by atoms with Gasteiger partial charge in [-0.3, -0.25) is 0 Å². The Balaban J connectivity index is 2.29. The van der Waals surface area contributed by atoms with Gasteiger partial charge in [0.25, 0.3) is 0 Å². The predicted octanol–water partition coefficient (Wildman–Crippen LogP) is 4.04. The Bertz CT molecular complexity index is 466. The van der Waals surface area contributed by atoms with E-state index in [0.29, 0.717) is 12.0 Å². The number of rotatable bonds is 3. The molecule has 2 nitrogen and oxygen atoms in total. The minimum atomic E-state index is 0.121. The van der Waals surface area contributed by atoms with Gasteiger partial charge in [-0.25, -0.2) is 0 Å². The number of hydrogen-bond donors (Lipinski definition) is 1. The number of ether oxygens (including phenoxy) is 1. The van der Waals surface area contributed by atoms with Crippen molar-refractivity contribution < 1.29 is 4.74 Å². The molecule has 1 aliphatic carbocycles. The first-order valence-corrected chi connectivity index (χ1v) is 7.77. The third-order valence-corrected chi connectivity index (χ3v) is 5.22. The van der Waals surface area contributed by atoms with Crippen molar-refractivity contribution in [1.29, 1.82) is 0 Å². The number of hydrogen-bond acceptors (Lipinski definition) is 2. The van der Waals surface area contributed by atoms with Crippen molar-refractivity contribution in [3.8, 4) is 5.75 Å². The van der Waals surface area contributed by atoms with E-state index in [0.717, 1.165) is 18.1 Å². The number of methoxy groups -OCH3 is 1. The third-order valence-electron chi connectivity index (χ3n) is 5.22. The Morgan fingerprint density at radius 2 is 1.95 bits per heavy atom. The molecule has 2 rings (SSSR count). The largest absolute Gasteiger partial charge is 0.497 e. The monoisotopic (exact) mass is 275 g/mol. The van der Waals surface area contributed by atoms with Crippen molar-refractivity contribution in [2.45, 2.75) is 58.4 Å². The van der Waals surface area contributed by atoms with E-state index < -0.39 is 0 Å². The molecule has 1 fully saturated rings. The van der Waals surface area contributed by atoms with Gasteiger partial charge in [0.1, 0.15) is 5.75 Å². The zero-order valence-corrected chi connectivity index (χ0v) is 13.6. The summed E-state index contributed by atoms with van der Waals surface area (Å²) in [7, 11) is 1.72. The van der Waals surface area contributed by atoms with E-state index in [-0.39, 0.29) is 5.41 Å². The minimum absolute atomic E-state index is 0.121. The summed E-state index contributed by atoms with van der Waals surface area (Å²) < 4.78 is 5.32. The molecular weight excluding hydrogens is 246 g/mol. The SMILES string of the molecule is COc1ccc(C(C)(C)C2CCC(C)CC2N)c(C)c1. The van der Waals surface area contributed by atoms with Crippen LogP contribution in [-0.4, -0.2) is 13.2 Å². The van der Waals surface area contributed by atoms with Crippen LogP contribution in [0.15, 0.2) is 18.2 Å². The van der Waals surface area contributed by atoms with Crippen LogP contribution in [0.1, 0.15) is 51.2 Å². The molecule has 0 aromatic heterocycles. The Kier molecular flexibility index (Phi) is 4.43. The molecule has 1 aliphatic rings. The molecule has 0 radical (unpaired) electrons. The van der Waals surface area contributed by atoms with E-state index in [1.54, 1.807) is 7.11 Å². The summed E-state index contributed by atoms with van der Waals surface area (Å²) >= 11 is 0. The van der Waals surface area contributed by atoms with Crippen molar-refractivity contribution in [3.63, 3.8) is 0 Å². The predicted molar refractivity (Wildman–Crippen MR) is 85.2 cm³/mol. The molecule has 0 spiro atoms. The third kappa shape index (κ3) is 2.85. The molecule has 0 amide bonds. The molecular formula is C18H29NO. The molecule has 0 heterocycles. The molecule has 3 unspecified atom stereocenters. The highest BCUT2D eigenvalue weighted by atomic mass is 16.5.